The van der Waals surface area contributed by atoms with E-state index in [9.17, 15) is 0 Å². The highest BCUT2D eigenvalue weighted by Crippen LogP contribution is 2.31. The molecule has 0 spiro atoms. The molecule has 1 fully saturated rings. The fourth-order valence-corrected chi connectivity index (χ4v) is 1.66. The van der Waals surface area contributed by atoms with E-state index >= 15 is 0 Å². The van der Waals surface area contributed by atoms with E-state index in [0.29, 0.717) is 19.3 Å². The van der Waals surface area contributed by atoms with Gasteiger partial charge in [-0.1, -0.05) is 6.07 Å². The lowest BCUT2D eigenvalue weighted by molar-refractivity contribution is 0.171. The molecule has 0 aliphatic carbocycles. The van der Waals surface area contributed by atoms with Gasteiger partial charge in [0.05, 0.1) is 12.7 Å². The Morgan fingerprint density at radius 2 is 1.93 bits per heavy atom. The predicted octanol–water partition coefficient (Wildman–Crippen LogP) is 1.40. The lowest BCUT2D eigenvalue weighted by Gasteiger charge is -2.18. The van der Waals surface area contributed by atoms with Gasteiger partial charge in [-0.15, -0.1) is 0 Å². The minimum atomic E-state index is 0.428. The van der Waals surface area contributed by atoms with Gasteiger partial charge < -0.3 is 14.2 Å². The fourth-order valence-electron chi connectivity index (χ4n) is 1.66. The van der Waals surface area contributed by atoms with Crippen LogP contribution in [0.1, 0.15) is 5.56 Å². The summed E-state index contributed by atoms with van der Waals surface area (Å²) in [6.07, 6.45) is 1.41. The van der Waals surface area contributed by atoms with Gasteiger partial charge in [0, 0.05) is 6.42 Å². The van der Waals surface area contributed by atoms with Crippen LogP contribution in [0.2, 0.25) is 0 Å². The molecule has 74 valence electrons. The molecular weight excluding hydrogens is 180 g/mol. The molecule has 1 aromatic carbocycles. The van der Waals surface area contributed by atoms with Crippen molar-refractivity contribution in [1.29, 1.82) is 0 Å². The average Bonchev–Trinajstić information content (AvgIpc) is 3.02. The van der Waals surface area contributed by atoms with Crippen molar-refractivity contribution in [2.75, 3.05) is 19.8 Å². The minimum absolute atomic E-state index is 0.428. The van der Waals surface area contributed by atoms with E-state index in [1.165, 1.54) is 5.56 Å². The Balaban J connectivity index is 1.84. The first kappa shape index (κ1) is 8.12. The summed E-state index contributed by atoms with van der Waals surface area (Å²) < 4.78 is 16.1. The predicted molar refractivity (Wildman–Crippen MR) is 50.9 cm³/mol. The summed E-state index contributed by atoms with van der Waals surface area (Å²) in [4.78, 5) is 0. The van der Waals surface area contributed by atoms with Crippen LogP contribution < -0.4 is 9.47 Å². The van der Waals surface area contributed by atoms with Crippen LogP contribution in [0.15, 0.2) is 18.2 Å². The molecule has 1 aromatic rings. The third-order valence-electron chi connectivity index (χ3n) is 2.47. The van der Waals surface area contributed by atoms with Crippen molar-refractivity contribution in [3.8, 4) is 11.5 Å². The van der Waals surface area contributed by atoms with Crippen molar-refractivity contribution in [2.24, 2.45) is 0 Å². The Morgan fingerprint density at radius 1 is 1.14 bits per heavy atom. The normalized spacial score (nSPS) is 23.3. The van der Waals surface area contributed by atoms with Crippen LogP contribution in [0.3, 0.4) is 0 Å². The molecule has 2 heterocycles. The standard InChI is InChI=1S/C11H12O3/c1-2-10-11(13-4-3-12-10)6-8(1)5-9-7-14-9/h1-2,6,9H,3-5,7H2. The minimum Gasteiger partial charge on any atom is -0.486 e. The maximum absolute atomic E-state index is 5.50. The topological polar surface area (TPSA) is 31.0 Å². The highest BCUT2D eigenvalue weighted by atomic mass is 16.6. The molecule has 3 heteroatoms. The summed E-state index contributed by atoms with van der Waals surface area (Å²) in [7, 11) is 0. The van der Waals surface area contributed by atoms with Crippen molar-refractivity contribution in [3.63, 3.8) is 0 Å². The third-order valence-corrected chi connectivity index (χ3v) is 2.47. The fraction of sp³-hybridized carbons (Fsp3) is 0.455. The molecule has 1 atom stereocenters. The molecule has 0 aromatic heterocycles. The summed E-state index contributed by atoms with van der Waals surface area (Å²) in [6, 6.07) is 6.11. The Morgan fingerprint density at radius 3 is 2.71 bits per heavy atom. The monoisotopic (exact) mass is 192 g/mol. The van der Waals surface area contributed by atoms with Crippen LogP contribution >= 0.6 is 0 Å². The first-order valence-electron chi connectivity index (χ1n) is 4.92. The maximum Gasteiger partial charge on any atom is 0.161 e. The van der Waals surface area contributed by atoms with Crippen LogP contribution in [0.4, 0.5) is 0 Å². The second kappa shape index (κ2) is 3.17. The summed E-state index contributed by atoms with van der Waals surface area (Å²) >= 11 is 0. The average molecular weight is 192 g/mol. The molecule has 1 saturated heterocycles. The second-order valence-corrected chi connectivity index (χ2v) is 3.64. The highest BCUT2D eigenvalue weighted by molar-refractivity contribution is 5.44. The summed E-state index contributed by atoms with van der Waals surface area (Å²) in [5.74, 6) is 1.73. The van der Waals surface area contributed by atoms with E-state index in [-0.39, 0.29) is 0 Å². The zero-order valence-corrected chi connectivity index (χ0v) is 7.86. The molecule has 2 aliphatic rings. The Bertz CT molecular complexity index is 344. The molecule has 0 radical (unpaired) electrons. The number of hydrogen-bond donors (Lipinski definition) is 0. The van der Waals surface area contributed by atoms with Gasteiger partial charge in [-0.2, -0.15) is 0 Å². The smallest absolute Gasteiger partial charge is 0.161 e. The lowest BCUT2D eigenvalue weighted by atomic mass is 10.1. The van der Waals surface area contributed by atoms with Gasteiger partial charge in [0.25, 0.3) is 0 Å². The first-order valence-corrected chi connectivity index (χ1v) is 4.92. The number of fused-ring (bicyclic) bond motifs is 1. The van der Waals surface area contributed by atoms with E-state index in [0.717, 1.165) is 24.5 Å². The highest BCUT2D eigenvalue weighted by Gasteiger charge is 2.23. The first-order chi connectivity index (χ1) is 6.92. The van der Waals surface area contributed by atoms with Crippen molar-refractivity contribution in [2.45, 2.75) is 12.5 Å². The zero-order valence-electron chi connectivity index (χ0n) is 7.86. The van der Waals surface area contributed by atoms with Gasteiger partial charge in [0.2, 0.25) is 0 Å². The van der Waals surface area contributed by atoms with Crippen molar-refractivity contribution in [3.05, 3.63) is 23.8 Å². The number of epoxide rings is 1. The van der Waals surface area contributed by atoms with Gasteiger partial charge in [-0.05, 0) is 17.7 Å². The van der Waals surface area contributed by atoms with Gasteiger partial charge in [0.1, 0.15) is 13.2 Å². The molecule has 14 heavy (non-hydrogen) atoms. The van der Waals surface area contributed by atoms with Crippen molar-refractivity contribution < 1.29 is 14.2 Å². The quantitative estimate of drug-likeness (QED) is 0.664. The van der Waals surface area contributed by atoms with E-state index in [1.807, 2.05) is 6.07 Å². The molecule has 0 amide bonds. The third kappa shape index (κ3) is 1.55. The molecule has 3 rings (SSSR count). The van der Waals surface area contributed by atoms with E-state index in [2.05, 4.69) is 12.1 Å². The molecule has 3 nitrogen and oxygen atoms in total. The number of ether oxygens (including phenoxy) is 3. The van der Waals surface area contributed by atoms with Crippen LogP contribution in [0.5, 0.6) is 11.5 Å². The van der Waals surface area contributed by atoms with Crippen LogP contribution in [-0.2, 0) is 11.2 Å². The Labute approximate surface area is 82.6 Å². The van der Waals surface area contributed by atoms with Crippen molar-refractivity contribution in [1.82, 2.24) is 0 Å². The molecule has 1 unspecified atom stereocenters. The zero-order chi connectivity index (χ0) is 9.38. The Kier molecular flexibility index (Phi) is 1.84. The molecule has 2 aliphatic heterocycles. The number of benzene rings is 1. The van der Waals surface area contributed by atoms with E-state index in [1.54, 1.807) is 0 Å². The maximum atomic E-state index is 5.50. The van der Waals surface area contributed by atoms with Gasteiger partial charge in [-0.3, -0.25) is 0 Å². The van der Waals surface area contributed by atoms with E-state index < -0.39 is 0 Å². The largest absolute Gasteiger partial charge is 0.486 e. The van der Waals surface area contributed by atoms with Gasteiger partial charge in [-0.25, -0.2) is 0 Å². The molecule has 0 N–H and O–H groups in total. The number of rotatable bonds is 2. The Hall–Kier alpha value is -1.22. The van der Waals surface area contributed by atoms with Crippen LogP contribution in [-0.4, -0.2) is 25.9 Å². The van der Waals surface area contributed by atoms with E-state index in [4.69, 9.17) is 14.2 Å². The second-order valence-electron chi connectivity index (χ2n) is 3.64. The number of hydrogen-bond acceptors (Lipinski definition) is 3. The summed E-state index contributed by atoms with van der Waals surface area (Å²) in [5, 5.41) is 0. The van der Waals surface area contributed by atoms with Crippen LogP contribution in [0, 0.1) is 0 Å². The van der Waals surface area contributed by atoms with Crippen molar-refractivity contribution >= 4 is 0 Å². The molecule has 0 bridgehead atoms. The lowest BCUT2D eigenvalue weighted by Crippen LogP contribution is -2.15. The molecule has 0 saturated carbocycles. The summed E-state index contributed by atoms with van der Waals surface area (Å²) in [5.41, 5.74) is 1.26. The van der Waals surface area contributed by atoms with Crippen LogP contribution in [0.25, 0.3) is 0 Å². The van der Waals surface area contributed by atoms with Gasteiger partial charge in [0.15, 0.2) is 11.5 Å². The molecular formula is C11H12O3. The summed E-state index contributed by atoms with van der Waals surface area (Å²) in [6.45, 7) is 2.20. The van der Waals surface area contributed by atoms with Gasteiger partial charge >= 0.3 is 0 Å². The SMILES string of the molecule is c1cc2c(cc1CC1CO1)OCCO2.